The summed E-state index contributed by atoms with van der Waals surface area (Å²) < 4.78 is 31.7. The van der Waals surface area contributed by atoms with Gasteiger partial charge in [0.15, 0.2) is 11.2 Å². The fraction of sp³-hybridized carbons (Fsp3) is 0.238. The second kappa shape index (κ2) is 7.46. The van der Waals surface area contributed by atoms with Gasteiger partial charge in [-0.1, -0.05) is 11.6 Å². The molecule has 8 heteroatoms. The minimum atomic E-state index is -3.67. The van der Waals surface area contributed by atoms with E-state index < -0.39 is 15.9 Å². The molecule has 2 aromatic carbocycles. The Morgan fingerprint density at radius 2 is 1.72 bits per heavy atom. The zero-order valence-electron chi connectivity index (χ0n) is 16.9. The van der Waals surface area contributed by atoms with Gasteiger partial charge in [-0.2, -0.15) is 0 Å². The van der Waals surface area contributed by atoms with Crippen molar-refractivity contribution >= 4 is 32.6 Å². The third kappa shape index (κ3) is 3.94. The fourth-order valence-corrected chi connectivity index (χ4v) is 3.90. The first-order valence-corrected chi connectivity index (χ1v) is 10.3. The van der Waals surface area contributed by atoms with Gasteiger partial charge in [0, 0.05) is 25.8 Å². The van der Waals surface area contributed by atoms with E-state index in [1.54, 1.807) is 38.1 Å². The summed E-state index contributed by atoms with van der Waals surface area (Å²) in [4.78, 5) is 25.2. The van der Waals surface area contributed by atoms with E-state index in [4.69, 9.17) is 4.42 Å². The number of sulfonamides is 1. The van der Waals surface area contributed by atoms with Crippen LogP contribution in [0.3, 0.4) is 0 Å². The smallest absolute Gasteiger partial charge is 0.291 e. The molecule has 1 heterocycles. The molecular formula is C21H22N2O5S. The molecule has 0 fully saturated rings. The van der Waals surface area contributed by atoms with Crippen LogP contribution in [-0.2, 0) is 10.0 Å². The quantitative estimate of drug-likeness (QED) is 0.707. The van der Waals surface area contributed by atoms with Gasteiger partial charge in [-0.25, -0.2) is 12.7 Å². The summed E-state index contributed by atoms with van der Waals surface area (Å²) in [6, 6.07) is 9.22. The molecule has 0 saturated heterocycles. The summed E-state index contributed by atoms with van der Waals surface area (Å²) in [6.07, 6.45) is 0. The summed E-state index contributed by atoms with van der Waals surface area (Å²) in [5, 5.41) is 3.06. The van der Waals surface area contributed by atoms with Gasteiger partial charge in [-0.15, -0.1) is 0 Å². The van der Waals surface area contributed by atoms with Gasteiger partial charge >= 0.3 is 0 Å². The largest absolute Gasteiger partial charge is 0.451 e. The summed E-state index contributed by atoms with van der Waals surface area (Å²) >= 11 is 0. The molecule has 1 aromatic heterocycles. The van der Waals surface area contributed by atoms with Crippen molar-refractivity contribution < 1.29 is 17.6 Å². The molecule has 0 saturated carbocycles. The Morgan fingerprint density at radius 3 is 2.38 bits per heavy atom. The van der Waals surface area contributed by atoms with E-state index in [-0.39, 0.29) is 16.1 Å². The van der Waals surface area contributed by atoms with Gasteiger partial charge < -0.3 is 9.73 Å². The molecule has 1 N–H and O–H groups in total. The summed E-state index contributed by atoms with van der Waals surface area (Å²) in [7, 11) is -0.793. The SMILES string of the molecule is Cc1ccc2oc(C(=O)Nc3cc(S(=O)(=O)N(C)C)cc(C)c3C)cc(=O)c2c1. The number of anilines is 1. The molecule has 0 aliphatic carbocycles. The van der Waals surface area contributed by atoms with Gasteiger partial charge in [0.2, 0.25) is 10.0 Å². The molecular weight excluding hydrogens is 392 g/mol. The van der Waals surface area contributed by atoms with Crippen LogP contribution in [0.4, 0.5) is 5.69 Å². The number of hydrogen-bond acceptors (Lipinski definition) is 5. The first-order valence-electron chi connectivity index (χ1n) is 8.90. The van der Waals surface area contributed by atoms with Crippen LogP contribution in [0.5, 0.6) is 0 Å². The molecule has 0 unspecified atom stereocenters. The number of nitrogens with zero attached hydrogens (tertiary/aromatic N) is 1. The highest BCUT2D eigenvalue weighted by atomic mass is 32.2. The monoisotopic (exact) mass is 414 g/mol. The van der Waals surface area contributed by atoms with E-state index in [0.717, 1.165) is 21.5 Å². The lowest BCUT2D eigenvalue weighted by Crippen LogP contribution is -2.23. The third-order valence-corrected chi connectivity index (χ3v) is 6.57. The van der Waals surface area contributed by atoms with Crippen molar-refractivity contribution in [3.63, 3.8) is 0 Å². The van der Waals surface area contributed by atoms with Crippen LogP contribution in [0.2, 0.25) is 0 Å². The molecule has 0 aliphatic heterocycles. The van der Waals surface area contributed by atoms with E-state index in [1.165, 1.54) is 20.2 Å². The number of amides is 1. The van der Waals surface area contributed by atoms with Crippen LogP contribution < -0.4 is 10.7 Å². The van der Waals surface area contributed by atoms with Gasteiger partial charge in [0.1, 0.15) is 5.58 Å². The first-order chi connectivity index (χ1) is 13.5. The standard InChI is InChI=1S/C21H22N2O5S/c1-12-6-7-19-16(8-12)18(24)11-20(28-19)21(25)22-17-10-15(9-13(2)14(17)3)29(26,27)23(4)5/h6-11H,1-5H3,(H,22,25). The second-order valence-corrected chi connectivity index (χ2v) is 9.28. The van der Waals surface area contributed by atoms with Crippen molar-refractivity contribution in [2.75, 3.05) is 19.4 Å². The molecule has 0 spiro atoms. The van der Waals surface area contributed by atoms with E-state index >= 15 is 0 Å². The number of nitrogens with one attached hydrogen (secondary N) is 1. The zero-order valence-corrected chi connectivity index (χ0v) is 17.7. The maximum Gasteiger partial charge on any atom is 0.291 e. The van der Waals surface area contributed by atoms with Crippen LogP contribution in [0.1, 0.15) is 27.2 Å². The highest BCUT2D eigenvalue weighted by Crippen LogP contribution is 2.26. The Morgan fingerprint density at radius 1 is 1.03 bits per heavy atom. The number of aryl methyl sites for hydroxylation is 2. The summed E-state index contributed by atoms with van der Waals surface area (Å²) in [5.74, 6) is -0.782. The van der Waals surface area contributed by atoms with Crippen LogP contribution in [0, 0.1) is 20.8 Å². The molecule has 0 atom stereocenters. The highest BCUT2D eigenvalue weighted by Gasteiger charge is 2.21. The minimum absolute atomic E-state index is 0.0661. The first kappa shape index (κ1) is 20.8. The average Bonchev–Trinajstić information content (AvgIpc) is 2.65. The fourth-order valence-electron chi connectivity index (χ4n) is 2.88. The topological polar surface area (TPSA) is 96.7 Å². The van der Waals surface area contributed by atoms with Crippen LogP contribution >= 0.6 is 0 Å². The van der Waals surface area contributed by atoms with Crippen LogP contribution in [0.25, 0.3) is 11.0 Å². The molecule has 0 aliphatic rings. The lowest BCUT2D eigenvalue weighted by molar-refractivity contribution is 0.0997. The van der Waals surface area contributed by atoms with Crippen molar-refractivity contribution in [3.05, 3.63) is 69.1 Å². The predicted octanol–water partition coefficient (Wildman–Crippen LogP) is 3.22. The third-order valence-electron chi connectivity index (χ3n) is 4.77. The Kier molecular flexibility index (Phi) is 5.34. The molecule has 0 bridgehead atoms. The zero-order chi connectivity index (χ0) is 21.5. The van der Waals surface area contributed by atoms with Gasteiger partial charge in [-0.3, -0.25) is 9.59 Å². The molecule has 3 rings (SSSR count). The average molecular weight is 414 g/mol. The predicted molar refractivity (Wildman–Crippen MR) is 112 cm³/mol. The van der Waals surface area contributed by atoms with Gasteiger partial charge in [-0.05, 0) is 56.2 Å². The second-order valence-electron chi connectivity index (χ2n) is 7.13. The van der Waals surface area contributed by atoms with Crippen molar-refractivity contribution in [2.45, 2.75) is 25.7 Å². The van der Waals surface area contributed by atoms with Crippen molar-refractivity contribution in [1.82, 2.24) is 4.31 Å². The normalized spacial score (nSPS) is 11.8. The van der Waals surface area contributed by atoms with E-state index in [1.807, 2.05) is 6.92 Å². The van der Waals surface area contributed by atoms with Gasteiger partial charge in [0.25, 0.3) is 5.91 Å². The lowest BCUT2D eigenvalue weighted by atomic mass is 10.1. The Bertz CT molecular complexity index is 1290. The van der Waals surface area contributed by atoms with E-state index in [0.29, 0.717) is 22.2 Å². The number of hydrogen-bond donors (Lipinski definition) is 1. The minimum Gasteiger partial charge on any atom is -0.451 e. The Balaban J connectivity index is 2.03. The Hall–Kier alpha value is -2.97. The number of rotatable bonds is 4. The molecule has 1 amide bonds. The van der Waals surface area contributed by atoms with Crippen LogP contribution in [0.15, 0.2) is 50.5 Å². The van der Waals surface area contributed by atoms with E-state index in [2.05, 4.69) is 5.32 Å². The van der Waals surface area contributed by atoms with Crippen molar-refractivity contribution in [3.8, 4) is 0 Å². The number of carbonyl (C=O) groups is 1. The molecule has 3 aromatic rings. The van der Waals surface area contributed by atoms with Crippen molar-refractivity contribution in [2.24, 2.45) is 0 Å². The molecule has 152 valence electrons. The Labute approximate surface area is 169 Å². The van der Waals surface area contributed by atoms with Gasteiger partial charge in [0.05, 0.1) is 10.3 Å². The van der Waals surface area contributed by atoms with Crippen LogP contribution in [-0.4, -0.2) is 32.7 Å². The number of carbonyl (C=O) groups excluding carboxylic acids is 1. The highest BCUT2D eigenvalue weighted by molar-refractivity contribution is 7.89. The number of benzene rings is 2. The summed E-state index contributed by atoms with van der Waals surface area (Å²) in [5.41, 5.74) is 2.66. The summed E-state index contributed by atoms with van der Waals surface area (Å²) in [6.45, 7) is 5.40. The molecule has 29 heavy (non-hydrogen) atoms. The number of fused-ring (bicyclic) bond motifs is 1. The maximum atomic E-state index is 12.7. The van der Waals surface area contributed by atoms with E-state index in [9.17, 15) is 18.0 Å². The molecule has 7 nitrogen and oxygen atoms in total. The maximum absolute atomic E-state index is 12.7. The van der Waals surface area contributed by atoms with Crippen molar-refractivity contribution in [1.29, 1.82) is 0 Å². The molecule has 0 radical (unpaired) electrons. The lowest BCUT2D eigenvalue weighted by Gasteiger charge is -2.16.